The van der Waals surface area contributed by atoms with E-state index in [9.17, 15) is 9.18 Å². The average molecular weight is 269 g/mol. The van der Waals surface area contributed by atoms with Crippen molar-refractivity contribution in [3.63, 3.8) is 0 Å². The fourth-order valence-electron chi connectivity index (χ4n) is 1.80. The van der Waals surface area contributed by atoms with Gasteiger partial charge in [0.25, 0.3) is 5.91 Å². The Morgan fingerprint density at radius 1 is 1.47 bits per heavy atom. The van der Waals surface area contributed by atoms with Gasteiger partial charge in [0.1, 0.15) is 5.82 Å². The predicted molar refractivity (Wildman–Crippen MR) is 72.1 cm³/mol. The number of rotatable bonds is 7. The zero-order valence-electron chi connectivity index (χ0n) is 11.0. The highest BCUT2D eigenvalue weighted by Crippen LogP contribution is 2.20. The Hall–Kier alpha value is -1.66. The molecule has 106 valence electrons. The summed E-state index contributed by atoms with van der Waals surface area (Å²) in [5.74, 6) is 4.34. The minimum Gasteiger partial charge on any atom is -0.395 e. The summed E-state index contributed by atoms with van der Waals surface area (Å²) >= 11 is 0. The van der Waals surface area contributed by atoms with Crippen molar-refractivity contribution in [2.75, 3.05) is 25.1 Å². The van der Waals surface area contributed by atoms with E-state index in [0.717, 1.165) is 12.8 Å². The Morgan fingerprint density at radius 3 is 2.79 bits per heavy atom. The lowest BCUT2D eigenvalue weighted by Gasteiger charge is -2.22. The number of hydrogen-bond acceptors (Lipinski definition) is 4. The third-order valence-electron chi connectivity index (χ3n) is 2.83. The van der Waals surface area contributed by atoms with Gasteiger partial charge in [-0.3, -0.25) is 10.6 Å². The number of benzene rings is 1. The highest BCUT2D eigenvalue weighted by Gasteiger charge is 2.19. The van der Waals surface area contributed by atoms with Crippen molar-refractivity contribution in [2.45, 2.75) is 19.8 Å². The van der Waals surface area contributed by atoms with Gasteiger partial charge in [0.05, 0.1) is 17.9 Å². The second-order valence-electron chi connectivity index (χ2n) is 4.18. The van der Waals surface area contributed by atoms with Crippen molar-refractivity contribution in [1.29, 1.82) is 0 Å². The van der Waals surface area contributed by atoms with Crippen LogP contribution in [0.3, 0.4) is 0 Å². The molecule has 1 aromatic rings. The molecular weight excluding hydrogens is 249 g/mol. The Bertz CT molecular complexity index is 426. The molecule has 6 heteroatoms. The summed E-state index contributed by atoms with van der Waals surface area (Å²) in [4.78, 5) is 13.8. The number of aliphatic hydroxyl groups excluding tert-OH is 1. The number of amides is 1. The number of carbonyl (C=O) groups is 1. The third-order valence-corrected chi connectivity index (χ3v) is 2.83. The average Bonchev–Trinajstić information content (AvgIpc) is 2.42. The number of anilines is 1. The molecular formula is C13H20FN3O2. The number of hydrazine groups is 1. The summed E-state index contributed by atoms with van der Waals surface area (Å²) in [6.45, 7) is 2.63. The van der Waals surface area contributed by atoms with Crippen LogP contribution < -0.4 is 11.3 Å². The molecule has 0 unspecified atom stereocenters. The number of nitrogens with zero attached hydrogens (tertiary/aromatic N) is 1. The van der Waals surface area contributed by atoms with Crippen LogP contribution in [0.25, 0.3) is 0 Å². The number of carbonyl (C=O) groups excluding carboxylic acids is 1. The highest BCUT2D eigenvalue weighted by molar-refractivity contribution is 5.99. The van der Waals surface area contributed by atoms with Crippen molar-refractivity contribution in [3.05, 3.63) is 29.6 Å². The molecule has 0 aliphatic heterocycles. The van der Waals surface area contributed by atoms with Gasteiger partial charge in [0.2, 0.25) is 0 Å². The first-order valence-corrected chi connectivity index (χ1v) is 6.31. The number of halogens is 1. The van der Waals surface area contributed by atoms with Gasteiger partial charge in [0, 0.05) is 13.1 Å². The van der Waals surface area contributed by atoms with Crippen molar-refractivity contribution >= 4 is 11.6 Å². The summed E-state index contributed by atoms with van der Waals surface area (Å²) in [5.41, 5.74) is 2.36. The molecule has 1 rings (SSSR count). The molecule has 0 aliphatic rings. The van der Waals surface area contributed by atoms with Gasteiger partial charge < -0.3 is 15.4 Å². The molecule has 1 aromatic carbocycles. The van der Waals surface area contributed by atoms with Crippen LogP contribution in [0.5, 0.6) is 0 Å². The van der Waals surface area contributed by atoms with E-state index in [1.54, 1.807) is 0 Å². The molecule has 1 amide bonds. The molecule has 19 heavy (non-hydrogen) atoms. The van der Waals surface area contributed by atoms with Crippen LogP contribution in [0.15, 0.2) is 18.2 Å². The van der Waals surface area contributed by atoms with Crippen LogP contribution in [0.1, 0.15) is 30.1 Å². The van der Waals surface area contributed by atoms with E-state index in [-0.39, 0.29) is 30.3 Å². The van der Waals surface area contributed by atoms with Crippen LogP contribution in [0.2, 0.25) is 0 Å². The quantitative estimate of drug-likeness (QED) is 0.515. The van der Waals surface area contributed by atoms with Crippen LogP contribution in [-0.4, -0.2) is 35.6 Å². The molecule has 0 bridgehead atoms. The molecule has 0 atom stereocenters. The lowest BCUT2D eigenvalue weighted by Crippen LogP contribution is -2.35. The van der Waals surface area contributed by atoms with E-state index in [0.29, 0.717) is 6.54 Å². The zero-order valence-corrected chi connectivity index (χ0v) is 11.0. The fourth-order valence-corrected chi connectivity index (χ4v) is 1.80. The molecule has 0 heterocycles. The number of para-hydroxylation sites is 1. The topological polar surface area (TPSA) is 78.6 Å². The van der Waals surface area contributed by atoms with E-state index < -0.39 is 5.82 Å². The summed E-state index contributed by atoms with van der Waals surface area (Å²) in [6, 6.07) is 4.20. The number of hydrogen-bond donors (Lipinski definition) is 3. The van der Waals surface area contributed by atoms with Gasteiger partial charge in [-0.15, -0.1) is 0 Å². The van der Waals surface area contributed by atoms with E-state index in [1.807, 2.05) is 6.92 Å². The summed E-state index contributed by atoms with van der Waals surface area (Å²) in [6.07, 6.45) is 1.76. The lowest BCUT2D eigenvalue weighted by molar-refractivity contribution is 0.0720. The second-order valence-corrected chi connectivity index (χ2v) is 4.18. The first-order chi connectivity index (χ1) is 9.15. The van der Waals surface area contributed by atoms with E-state index >= 15 is 0 Å². The normalized spacial score (nSPS) is 10.3. The molecule has 0 radical (unpaired) electrons. The first kappa shape index (κ1) is 15.4. The van der Waals surface area contributed by atoms with E-state index in [1.165, 1.54) is 23.1 Å². The summed E-state index contributed by atoms with van der Waals surface area (Å²) < 4.78 is 13.5. The summed E-state index contributed by atoms with van der Waals surface area (Å²) in [7, 11) is 0. The monoisotopic (exact) mass is 269 g/mol. The Morgan fingerprint density at radius 2 is 2.21 bits per heavy atom. The van der Waals surface area contributed by atoms with Crippen LogP contribution >= 0.6 is 0 Å². The molecule has 0 fully saturated rings. The van der Waals surface area contributed by atoms with Gasteiger partial charge in [0.15, 0.2) is 0 Å². The largest absolute Gasteiger partial charge is 0.395 e. The van der Waals surface area contributed by atoms with Crippen LogP contribution in [0, 0.1) is 5.82 Å². The van der Waals surface area contributed by atoms with Gasteiger partial charge in [-0.2, -0.15) is 0 Å². The van der Waals surface area contributed by atoms with Crippen molar-refractivity contribution in [2.24, 2.45) is 5.84 Å². The SMILES string of the molecule is CCCCN(CCO)C(=O)c1cccc(F)c1NN. The predicted octanol–water partition coefficient (Wildman–Crippen LogP) is 1.35. The Labute approximate surface area is 112 Å². The van der Waals surface area contributed by atoms with Crippen molar-refractivity contribution < 1.29 is 14.3 Å². The molecule has 0 saturated carbocycles. The number of nitrogens with one attached hydrogen (secondary N) is 1. The first-order valence-electron chi connectivity index (χ1n) is 6.31. The second kappa shape index (κ2) is 7.70. The maximum absolute atomic E-state index is 13.5. The highest BCUT2D eigenvalue weighted by atomic mass is 19.1. The molecule has 0 spiro atoms. The van der Waals surface area contributed by atoms with Gasteiger partial charge in [-0.1, -0.05) is 19.4 Å². The van der Waals surface area contributed by atoms with Crippen LogP contribution in [-0.2, 0) is 0 Å². The smallest absolute Gasteiger partial charge is 0.256 e. The maximum Gasteiger partial charge on any atom is 0.256 e. The molecule has 4 N–H and O–H groups in total. The Balaban J connectivity index is 2.98. The fraction of sp³-hybridized carbons (Fsp3) is 0.462. The number of nitrogens with two attached hydrogens (primary N) is 1. The maximum atomic E-state index is 13.5. The molecule has 0 aliphatic carbocycles. The van der Waals surface area contributed by atoms with Gasteiger partial charge in [-0.25, -0.2) is 4.39 Å². The summed E-state index contributed by atoms with van der Waals surface area (Å²) in [5, 5.41) is 9.00. The van der Waals surface area contributed by atoms with Gasteiger partial charge in [-0.05, 0) is 18.6 Å². The zero-order chi connectivity index (χ0) is 14.3. The number of aliphatic hydroxyl groups is 1. The third kappa shape index (κ3) is 3.90. The number of nitrogen functional groups attached to an aromatic ring is 1. The van der Waals surface area contributed by atoms with Crippen molar-refractivity contribution in [1.82, 2.24) is 4.90 Å². The number of unbranched alkanes of at least 4 members (excludes halogenated alkanes) is 1. The Kier molecular flexibility index (Phi) is 6.24. The van der Waals surface area contributed by atoms with Gasteiger partial charge >= 0.3 is 0 Å². The minimum absolute atomic E-state index is 0.0214. The lowest BCUT2D eigenvalue weighted by atomic mass is 10.1. The standard InChI is InChI=1S/C13H20FN3O2/c1-2-3-7-17(8-9-18)13(19)10-5-4-6-11(14)12(10)16-15/h4-6,16,18H,2-3,7-9,15H2,1H3. The van der Waals surface area contributed by atoms with Crippen LogP contribution in [0.4, 0.5) is 10.1 Å². The van der Waals surface area contributed by atoms with E-state index in [2.05, 4.69) is 5.43 Å². The van der Waals surface area contributed by atoms with Crippen molar-refractivity contribution in [3.8, 4) is 0 Å². The van der Waals surface area contributed by atoms with E-state index in [4.69, 9.17) is 10.9 Å². The molecule has 0 saturated heterocycles. The minimum atomic E-state index is -0.576. The molecule has 5 nitrogen and oxygen atoms in total. The molecule has 0 aromatic heterocycles.